The van der Waals surface area contributed by atoms with Crippen molar-refractivity contribution in [3.8, 4) is 0 Å². The van der Waals surface area contributed by atoms with Crippen LogP contribution in [0, 0.1) is 17.8 Å². The summed E-state index contributed by atoms with van der Waals surface area (Å²) in [5, 5.41) is 28.2. The van der Waals surface area contributed by atoms with Crippen molar-refractivity contribution in [3.63, 3.8) is 0 Å². The first-order valence-corrected chi connectivity index (χ1v) is 21.9. The number of carbonyl (C=O) groups excluding carboxylic acids is 6. The van der Waals surface area contributed by atoms with Gasteiger partial charge in [0, 0.05) is 101 Å². The average Bonchev–Trinajstić information content (AvgIpc) is 3.69. The maximum atomic E-state index is 14.0. The van der Waals surface area contributed by atoms with Gasteiger partial charge in [0.05, 0.1) is 25.7 Å². The number of H-pyrrole nitrogens is 1. The highest BCUT2D eigenvalue weighted by molar-refractivity contribution is 5.94. The first-order valence-electron chi connectivity index (χ1n) is 21.9. The number of carboxylic acids is 2. The van der Waals surface area contributed by atoms with Gasteiger partial charge in [-0.2, -0.15) is 0 Å². The van der Waals surface area contributed by atoms with Crippen molar-refractivity contribution < 1.29 is 48.6 Å². The van der Waals surface area contributed by atoms with E-state index in [1.807, 2.05) is 49.2 Å². The molecule has 4 amide bonds. The van der Waals surface area contributed by atoms with E-state index in [9.17, 15) is 48.6 Å². The zero-order valence-electron chi connectivity index (χ0n) is 37.1. The molecule has 348 valence electrons. The average molecular weight is 889 g/mol. The number of fused-ring (bicyclic) bond motifs is 1. The molecule has 1 unspecified atom stereocenters. The van der Waals surface area contributed by atoms with Gasteiger partial charge in [0.2, 0.25) is 23.6 Å². The largest absolute Gasteiger partial charge is 0.480 e. The number of hydrogen-bond acceptors (Lipinski definition) is 11. The highest BCUT2D eigenvalue weighted by Gasteiger charge is 2.33. The van der Waals surface area contributed by atoms with Crippen LogP contribution in [0.4, 0.5) is 0 Å². The Morgan fingerprint density at radius 3 is 1.81 bits per heavy atom. The lowest BCUT2D eigenvalue weighted by molar-refractivity contribution is -0.140. The Balaban J connectivity index is 1.33. The number of benzene rings is 2. The van der Waals surface area contributed by atoms with Gasteiger partial charge in [-0.25, -0.2) is 0 Å². The molecule has 64 heavy (non-hydrogen) atoms. The molecule has 1 fully saturated rings. The molecule has 0 spiro atoms. The van der Waals surface area contributed by atoms with Crippen LogP contribution in [-0.2, 0) is 57.9 Å². The lowest BCUT2D eigenvalue weighted by atomic mass is 9.86. The van der Waals surface area contributed by atoms with E-state index < -0.39 is 47.5 Å². The number of carboxylic acid groups (broad SMARTS) is 2. The van der Waals surface area contributed by atoms with Crippen LogP contribution < -0.4 is 21.7 Å². The quantitative estimate of drug-likeness (QED) is 0.0640. The molecule has 2 aromatic carbocycles. The van der Waals surface area contributed by atoms with Crippen molar-refractivity contribution in [3.05, 3.63) is 71.4 Å². The fourth-order valence-electron chi connectivity index (χ4n) is 7.84. The SMILES string of the molecule is CCC(C)[C@H](NC(=O)[C@@H](CC(C)=O)Cc1c[nH]c2ccccc12)C(=O)C[C@@H](CCC(N)=O)C(=O)NCc1ccc(CNC(=O)CN2CCN(CC(=O)O)CCN(CC(=O)O)CC2)cc1. The van der Waals surface area contributed by atoms with Gasteiger partial charge in [-0.15, -0.1) is 0 Å². The van der Waals surface area contributed by atoms with Gasteiger partial charge < -0.3 is 41.7 Å². The molecule has 1 saturated heterocycles. The molecular weight excluding hydrogens is 825 g/mol. The third-order valence-corrected chi connectivity index (χ3v) is 11.7. The first kappa shape index (κ1) is 50.7. The fourth-order valence-corrected chi connectivity index (χ4v) is 7.84. The number of primary amides is 1. The molecule has 0 aliphatic carbocycles. The molecular formula is C46H64N8O10. The third kappa shape index (κ3) is 17.0. The molecule has 0 saturated carbocycles. The number of nitrogens with two attached hydrogens (primary N) is 1. The molecule has 4 atom stereocenters. The zero-order chi connectivity index (χ0) is 46.8. The van der Waals surface area contributed by atoms with Crippen molar-refractivity contribution in [1.29, 1.82) is 0 Å². The Hall–Kier alpha value is -5.98. The number of aromatic amines is 1. The highest BCUT2D eigenvalue weighted by Crippen LogP contribution is 2.24. The standard InChI is InChI=1S/C46H64N8O10/c1-4-30(2)44(51-46(64)35(21-31(3)55)22-36-26-48-38-8-6-5-7-37(36)38)39(56)23-34(13-14-40(47)57)45(63)50-25-33-11-9-32(10-12-33)24-49-41(58)27-52-15-17-53(28-42(59)60)19-20-54(18-16-52)29-43(61)62/h5-12,26,30,34-35,44,48H,4,13-25,27-29H2,1-3H3,(H2,47,57)(H,49,58)(H,50,63)(H,51,64)(H,59,60)(H,61,62)/t30?,34-,35+,44+/m1/s1. The number of rotatable bonds is 25. The summed E-state index contributed by atoms with van der Waals surface area (Å²) in [4.78, 5) is 110. The van der Waals surface area contributed by atoms with Gasteiger partial charge in [-0.1, -0.05) is 62.7 Å². The molecule has 18 nitrogen and oxygen atoms in total. The monoisotopic (exact) mass is 888 g/mol. The lowest BCUT2D eigenvalue weighted by Crippen LogP contribution is -2.49. The van der Waals surface area contributed by atoms with E-state index >= 15 is 0 Å². The van der Waals surface area contributed by atoms with E-state index in [2.05, 4.69) is 20.9 Å². The summed E-state index contributed by atoms with van der Waals surface area (Å²) in [6.45, 7) is 7.66. The predicted molar refractivity (Wildman–Crippen MR) is 238 cm³/mol. The molecule has 18 heteroatoms. The molecule has 1 aliphatic heterocycles. The van der Waals surface area contributed by atoms with Crippen LogP contribution in [0.25, 0.3) is 10.9 Å². The second kappa shape index (κ2) is 25.3. The molecule has 8 N–H and O–H groups in total. The molecule has 3 aromatic rings. The molecule has 1 aliphatic rings. The van der Waals surface area contributed by atoms with Crippen LogP contribution in [0.15, 0.2) is 54.7 Å². The van der Waals surface area contributed by atoms with E-state index in [1.165, 1.54) is 6.92 Å². The molecule has 4 rings (SSSR count). The van der Waals surface area contributed by atoms with Crippen LogP contribution in [0.3, 0.4) is 0 Å². The van der Waals surface area contributed by atoms with Crippen molar-refractivity contribution in [2.24, 2.45) is 23.5 Å². The Morgan fingerprint density at radius 1 is 0.734 bits per heavy atom. The number of Topliss-reactive ketones (excluding diaryl/α,β-unsaturated/α-hetero) is 2. The summed E-state index contributed by atoms with van der Waals surface area (Å²) >= 11 is 0. The van der Waals surface area contributed by atoms with Crippen molar-refractivity contribution >= 4 is 58.0 Å². The first-order chi connectivity index (χ1) is 30.5. The Labute approximate surface area is 373 Å². The van der Waals surface area contributed by atoms with E-state index in [0.717, 1.165) is 27.6 Å². The van der Waals surface area contributed by atoms with Crippen molar-refractivity contribution in [2.75, 3.05) is 58.9 Å². The minimum atomic E-state index is -0.983. The van der Waals surface area contributed by atoms with Crippen LogP contribution in [0.5, 0.6) is 0 Å². The highest BCUT2D eigenvalue weighted by atomic mass is 16.4. The van der Waals surface area contributed by atoms with Gasteiger partial charge in [0.15, 0.2) is 5.78 Å². The van der Waals surface area contributed by atoms with E-state index in [-0.39, 0.29) is 88.2 Å². The van der Waals surface area contributed by atoms with E-state index in [0.29, 0.717) is 45.7 Å². The second-order valence-electron chi connectivity index (χ2n) is 16.8. The topological polar surface area (TPSA) is 265 Å². The van der Waals surface area contributed by atoms with Crippen LogP contribution in [0.2, 0.25) is 0 Å². The Bertz CT molecular complexity index is 2060. The molecule has 2 heterocycles. The number of aliphatic carboxylic acids is 2. The number of aromatic nitrogens is 1. The molecule has 1 aromatic heterocycles. The minimum Gasteiger partial charge on any atom is -0.480 e. The van der Waals surface area contributed by atoms with Crippen molar-refractivity contribution in [2.45, 2.75) is 78.4 Å². The third-order valence-electron chi connectivity index (χ3n) is 11.7. The van der Waals surface area contributed by atoms with Crippen molar-refractivity contribution in [1.82, 2.24) is 35.6 Å². The summed E-state index contributed by atoms with van der Waals surface area (Å²) in [6, 6.07) is 13.9. The van der Waals surface area contributed by atoms with Gasteiger partial charge in [0.25, 0.3) is 0 Å². The maximum absolute atomic E-state index is 14.0. The number of hydrogen-bond donors (Lipinski definition) is 7. The summed E-state index contributed by atoms with van der Waals surface area (Å²) in [7, 11) is 0. The van der Waals surface area contributed by atoms with E-state index in [1.54, 1.807) is 34.1 Å². The summed E-state index contributed by atoms with van der Waals surface area (Å²) < 4.78 is 0. The van der Waals surface area contributed by atoms with Crippen LogP contribution in [-0.4, -0.2) is 142 Å². The summed E-state index contributed by atoms with van der Waals surface area (Å²) in [5.41, 5.74) is 8.77. The van der Waals surface area contributed by atoms with Gasteiger partial charge >= 0.3 is 11.9 Å². The second-order valence-corrected chi connectivity index (χ2v) is 16.8. The smallest absolute Gasteiger partial charge is 0.317 e. The normalized spacial score (nSPS) is 16.0. The Kier molecular flexibility index (Phi) is 20.1. The number of nitrogens with one attached hydrogen (secondary N) is 4. The minimum absolute atomic E-state index is 0.0134. The number of para-hydroxylation sites is 1. The summed E-state index contributed by atoms with van der Waals surface area (Å²) in [5.74, 6) is -6.18. The van der Waals surface area contributed by atoms with Crippen LogP contribution >= 0.6 is 0 Å². The number of amides is 4. The van der Waals surface area contributed by atoms with Crippen LogP contribution in [0.1, 0.15) is 69.6 Å². The van der Waals surface area contributed by atoms with Gasteiger partial charge in [0.1, 0.15) is 5.78 Å². The van der Waals surface area contributed by atoms with Gasteiger partial charge in [-0.05, 0) is 48.4 Å². The predicted octanol–water partition coefficient (Wildman–Crippen LogP) is 1.70. The Morgan fingerprint density at radius 2 is 1.28 bits per heavy atom. The van der Waals surface area contributed by atoms with E-state index in [4.69, 9.17) is 5.73 Å². The number of ketones is 2. The molecule has 0 bridgehead atoms. The molecule has 0 radical (unpaired) electrons. The number of nitrogens with zero attached hydrogens (tertiary/aromatic N) is 3. The zero-order valence-corrected chi connectivity index (χ0v) is 37.1. The number of carbonyl (C=O) groups is 8. The lowest BCUT2D eigenvalue weighted by Gasteiger charge is -2.27. The fraction of sp³-hybridized carbons (Fsp3) is 0.522. The maximum Gasteiger partial charge on any atom is 0.317 e. The van der Waals surface area contributed by atoms with Gasteiger partial charge in [-0.3, -0.25) is 48.3 Å². The summed E-state index contributed by atoms with van der Waals surface area (Å²) in [6.07, 6.45) is 2.30.